The highest BCUT2D eigenvalue weighted by molar-refractivity contribution is 6.22. The Hall–Kier alpha value is -5.62. The van der Waals surface area contributed by atoms with Crippen molar-refractivity contribution in [2.45, 2.75) is 102 Å². The normalized spacial score (nSPS) is 20.9. The molecule has 2 aliphatic heterocycles. The molecule has 10 rings (SSSR count). The van der Waals surface area contributed by atoms with Gasteiger partial charge >= 0.3 is 11.9 Å². The van der Waals surface area contributed by atoms with E-state index in [-0.39, 0.29) is 37.5 Å². The number of H-pyrrole nitrogens is 2. The number of alkyl halides is 2. The fraction of sp³-hybridized carbons (Fsp3) is 0.500. The second kappa shape index (κ2) is 17.9. The second-order valence-corrected chi connectivity index (χ2v) is 16.2. The zero-order valence-electron chi connectivity index (χ0n) is 32.0. The van der Waals surface area contributed by atoms with Gasteiger partial charge < -0.3 is 29.9 Å². The van der Waals surface area contributed by atoms with Crippen molar-refractivity contribution in [1.82, 2.24) is 49.6 Å². The number of carbonyl (C=O) groups is 2. The second-order valence-electron chi connectivity index (χ2n) is 14.9. The van der Waals surface area contributed by atoms with Gasteiger partial charge in [0.15, 0.2) is 23.3 Å². The maximum Gasteiger partial charge on any atom is 0.328 e. The molecule has 4 atom stereocenters. The lowest BCUT2D eigenvalue weighted by molar-refractivity contribution is -0.145. The lowest BCUT2D eigenvalue weighted by Gasteiger charge is -2.23. The van der Waals surface area contributed by atoms with E-state index in [4.69, 9.17) is 42.6 Å². The van der Waals surface area contributed by atoms with Crippen LogP contribution in [-0.2, 0) is 19.1 Å². The first-order valence-electron chi connectivity index (χ1n) is 19.7. The van der Waals surface area contributed by atoms with E-state index >= 15 is 0 Å². The van der Waals surface area contributed by atoms with Crippen molar-refractivity contribution in [3.05, 3.63) is 60.2 Å². The number of fused-ring (bicyclic) bond motifs is 2. The Kier molecular flexibility index (Phi) is 12.7. The zero-order valence-corrected chi connectivity index (χ0v) is 33.5. The highest BCUT2D eigenvalue weighted by Gasteiger charge is 2.40. The van der Waals surface area contributed by atoms with Crippen molar-refractivity contribution in [3.8, 4) is 0 Å². The molecule has 2 saturated carbocycles. The predicted molar refractivity (Wildman–Crippen MR) is 231 cm³/mol. The molecule has 4 N–H and O–H groups in total. The Morgan fingerprint density at radius 1 is 0.717 bits per heavy atom. The Morgan fingerprint density at radius 2 is 1.13 bits per heavy atom. The lowest BCUT2D eigenvalue weighted by Crippen LogP contribution is -2.38. The van der Waals surface area contributed by atoms with Gasteiger partial charge in [0.05, 0.1) is 24.0 Å². The molecule has 0 unspecified atom stereocenters. The Morgan fingerprint density at radius 3 is 1.52 bits per heavy atom. The van der Waals surface area contributed by atoms with Crippen LogP contribution >= 0.6 is 23.2 Å². The monoisotopic (exact) mass is 862 g/mol. The predicted octanol–water partition coefficient (Wildman–Crippen LogP) is 6.92. The Bertz CT molecular complexity index is 2260. The van der Waals surface area contributed by atoms with Gasteiger partial charge in [-0.3, -0.25) is 10.2 Å². The quantitative estimate of drug-likeness (QED) is 0.0730. The molecule has 0 aromatic carbocycles. The average molecular weight is 864 g/mol. The van der Waals surface area contributed by atoms with Crippen LogP contribution in [-0.4, -0.2) is 111 Å². The third-order valence-corrected chi connectivity index (χ3v) is 11.2. The van der Waals surface area contributed by atoms with E-state index in [9.17, 15) is 9.59 Å². The Labute approximate surface area is 357 Å². The largest absolute Gasteiger partial charge is 0.464 e. The number of aromatic nitrogens is 10. The third-order valence-electron chi connectivity index (χ3n) is 10.6. The molecule has 18 nitrogen and oxygen atoms in total. The summed E-state index contributed by atoms with van der Waals surface area (Å²) in [7, 11) is 0. The average Bonchev–Trinajstić information content (AvgIpc) is 3.73. The minimum absolute atomic E-state index is 0. The summed E-state index contributed by atoms with van der Waals surface area (Å²) >= 11 is 12.7. The van der Waals surface area contributed by atoms with Crippen LogP contribution < -0.4 is 20.4 Å². The van der Waals surface area contributed by atoms with Crippen molar-refractivity contribution in [2.75, 3.05) is 46.7 Å². The highest BCUT2D eigenvalue weighted by atomic mass is 35.5. The number of anilines is 6. The van der Waals surface area contributed by atoms with Crippen LogP contribution in [0.4, 0.5) is 35.2 Å². The van der Waals surface area contributed by atoms with E-state index in [2.05, 4.69) is 41.2 Å². The van der Waals surface area contributed by atoms with E-state index in [0.717, 1.165) is 22.4 Å². The lowest BCUT2D eigenvalue weighted by atomic mass is 10.2. The summed E-state index contributed by atoms with van der Waals surface area (Å²) in [5, 5.41) is 30.3. The molecule has 0 bridgehead atoms. The van der Waals surface area contributed by atoms with Gasteiger partial charge in [-0.2, -0.15) is 20.2 Å². The van der Waals surface area contributed by atoms with Gasteiger partial charge in [-0.15, -0.1) is 33.4 Å². The van der Waals surface area contributed by atoms with E-state index in [1.807, 2.05) is 58.6 Å². The van der Waals surface area contributed by atoms with Gasteiger partial charge in [0.25, 0.3) is 0 Å². The number of hydrogen-bond donors (Lipinski definition) is 4. The number of rotatable bonds is 12. The summed E-state index contributed by atoms with van der Waals surface area (Å²) < 4.78 is 13.9. The first-order valence-corrected chi connectivity index (χ1v) is 20.6. The summed E-state index contributed by atoms with van der Waals surface area (Å²) in [6, 6.07) is 10.7. The summed E-state index contributed by atoms with van der Waals surface area (Å²) in [5.74, 6) is 4.07. The van der Waals surface area contributed by atoms with E-state index in [1.165, 1.54) is 25.7 Å². The SMILES string of the molecule is C.C.CCOC(=O)[C@@H]1C[C@@H](Cl)CN1c1nc(Nc2cc(C3CC3)[nH]n2)c2cccn2n1.CCOC(=O)[C@@H]1C[C@H](Cl)CN1c1nc(Nc2cc(C3CC3)[nH]n2)c2cccn2n1. The van der Waals surface area contributed by atoms with Gasteiger partial charge in [-0.25, -0.2) is 18.6 Å². The molecule has 2 aliphatic carbocycles. The number of ether oxygens (including phenoxy) is 2. The molecule has 2 saturated heterocycles. The summed E-state index contributed by atoms with van der Waals surface area (Å²) in [6.07, 6.45) is 9.50. The van der Waals surface area contributed by atoms with E-state index in [1.54, 1.807) is 22.9 Å². The molecule has 60 heavy (non-hydrogen) atoms. The van der Waals surface area contributed by atoms with Crippen LogP contribution in [0.25, 0.3) is 11.0 Å². The van der Waals surface area contributed by atoms with Crippen molar-refractivity contribution < 1.29 is 19.1 Å². The Balaban J connectivity index is 0.000000176. The van der Waals surface area contributed by atoms with Gasteiger partial charge in [-0.05, 0) is 76.6 Å². The molecular weight excluding hydrogens is 811 g/mol. The molecule has 6 aromatic heterocycles. The molecule has 0 radical (unpaired) electrons. The smallest absolute Gasteiger partial charge is 0.328 e. The number of carbonyl (C=O) groups excluding carboxylic acids is 2. The van der Waals surface area contributed by atoms with Crippen molar-refractivity contribution >= 4 is 81.3 Å². The molecule has 20 heteroatoms. The fourth-order valence-electron chi connectivity index (χ4n) is 7.46. The first kappa shape index (κ1) is 42.5. The van der Waals surface area contributed by atoms with Gasteiger partial charge in [0, 0.05) is 60.8 Å². The first-order chi connectivity index (χ1) is 28.2. The number of nitrogens with zero attached hydrogens (tertiary/aromatic N) is 10. The zero-order chi connectivity index (χ0) is 39.9. The maximum absolute atomic E-state index is 12.4. The third kappa shape index (κ3) is 8.94. The molecule has 0 amide bonds. The fourth-order valence-corrected chi connectivity index (χ4v) is 8.09. The number of nitrogens with one attached hydrogen (secondary N) is 4. The summed E-state index contributed by atoms with van der Waals surface area (Å²) in [4.78, 5) is 37.9. The minimum Gasteiger partial charge on any atom is -0.464 e. The van der Waals surface area contributed by atoms with Gasteiger partial charge in [0.2, 0.25) is 11.9 Å². The molecular formula is C40H52Cl2N14O4. The number of halogens is 2. The minimum atomic E-state index is -0.495. The van der Waals surface area contributed by atoms with E-state index in [0.29, 0.717) is 86.1 Å². The van der Waals surface area contributed by atoms with Gasteiger partial charge in [-0.1, -0.05) is 14.9 Å². The topological polar surface area (TPSA) is 201 Å². The van der Waals surface area contributed by atoms with Gasteiger partial charge in [0.1, 0.15) is 23.1 Å². The van der Waals surface area contributed by atoms with Crippen LogP contribution in [0.3, 0.4) is 0 Å². The van der Waals surface area contributed by atoms with E-state index < -0.39 is 12.1 Å². The molecule has 0 spiro atoms. The van der Waals surface area contributed by atoms with Crippen LogP contribution in [0.15, 0.2) is 48.8 Å². The molecule has 320 valence electrons. The van der Waals surface area contributed by atoms with Crippen molar-refractivity contribution in [2.24, 2.45) is 0 Å². The number of esters is 2. The number of hydrogen-bond acceptors (Lipinski definition) is 14. The molecule has 6 aromatic rings. The van der Waals surface area contributed by atoms with Crippen LogP contribution in [0.5, 0.6) is 0 Å². The van der Waals surface area contributed by atoms with Crippen LogP contribution in [0.1, 0.15) is 90.4 Å². The molecule has 4 aliphatic rings. The number of aromatic amines is 2. The van der Waals surface area contributed by atoms with Crippen LogP contribution in [0, 0.1) is 0 Å². The highest BCUT2D eigenvalue weighted by Crippen LogP contribution is 2.41. The molecule has 8 heterocycles. The van der Waals surface area contributed by atoms with Crippen molar-refractivity contribution in [3.63, 3.8) is 0 Å². The summed E-state index contributed by atoms with van der Waals surface area (Å²) in [6.45, 7) is 5.18. The summed E-state index contributed by atoms with van der Waals surface area (Å²) in [5.41, 5.74) is 3.92. The maximum atomic E-state index is 12.4. The van der Waals surface area contributed by atoms with Crippen LogP contribution in [0.2, 0.25) is 0 Å². The standard InChI is InChI=1S/2C19H22ClN7O2.2CH4/c2*1-2-29-18(28)15-8-12(20)10-26(15)19-22-17(14-4-3-7-27(14)25-19)21-16-9-13(23-24-16)11-5-6-11;;/h2*3-4,7,9,11-12,15H,2,5-6,8,10H2,1H3,(H2,21,22,23,24,25);2*1H4/t12-,15+;12-,15-;;/m10../s1. The van der Waals surface area contributed by atoms with Crippen molar-refractivity contribution in [1.29, 1.82) is 0 Å². The molecule has 4 fully saturated rings.